The predicted octanol–water partition coefficient (Wildman–Crippen LogP) is 2.42. The highest BCUT2D eigenvalue weighted by Gasteiger charge is 2.00. The second-order valence-electron chi connectivity index (χ2n) is 2.75. The van der Waals surface area contributed by atoms with E-state index in [9.17, 15) is 5.11 Å². The molecule has 1 atom stereocenters. The van der Waals surface area contributed by atoms with Crippen LogP contribution in [-0.2, 0) is 6.42 Å². The number of aliphatic hydroxyl groups excluding tert-OH is 1. The van der Waals surface area contributed by atoms with Crippen LogP contribution >= 0.6 is 12.4 Å². The molecule has 0 amide bonds. The summed E-state index contributed by atoms with van der Waals surface area (Å²) in [5, 5.41) is 9.31. The zero-order valence-electron chi connectivity index (χ0n) is 7.23. The monoisotopic (exact) mass is 186 g/mol. The molecule has 0 fully saturated rings. The fourth-order valence-corrected chi connectivity index (χ4v) is 1.03. The van der Waals surface area contributed by atoms with Crippen molar-refractivity contribution >= 4 is 12.4 Å². The van der Waals surface area contributed by atoms with Gasteiger partial charge in [0.15, 0.2) is 0 Å². The molecule has 0 heterocycles. The average Bonchev–Trinajstić information content (AvgIpc) is 2.06. The van der Waals surface area contributed by atoms with Gasteiger partial charge in [0.1, 0.15) is 0 Å². The first-order valence-electron chi connectivity index (χ1n) is 4.05. The van der Waals surface area contributed by atoms with Gasteiger partial charge in [-0.15, -0.1) is 12.4 Å². The maximum absolute atomic E-state index is 9.31. The van der Waals surface area contributed by atoms with Gasteiger partial charge in [-0.25, -0.2) is 0 Å². The minimum Gasteiger partial charge on any atom is -0.393 e. The lowest BCUT2D eigenvalue weighted by molar-refractivity contribution is 0.171. The summed E-state index contributed by atoms with van der Waals surface area (Å²) in [5.74, 6) is 0. The van der Waals surface area contributed by atoms with E-state index in [0.717, 1.165) is 12.8 Å². The Morgan fingerprint density at radius 3 is 2.33 bits per heavy atom. The van der Waals surface area contributed by atoms with Crippen LogP contribution in [0.2, 0.25) is 0 Å². The van der Waals surface area contributed by atoms with Gasteiger partial charge in [-0.05, 0) is 18.4 Å². The summed E-state index contributed by atoms with van der Waals surface area (Å²) in [4.78, 5) is 0. The van der Waals surface area contributed by atoms with Crippen molar-refractivity contribution in [2.45, 2.75) is 25.9 Å². The molecule has 0 aromatic heterocycles. The zero-order chi connectivity index (χ0) is 8.10. The standard InChI is InChI=1S/C10H14O.ClH/c1-2-10(11)8-9-6-4-3-5-7-9;/h3-7,10-11H,2,8H2,1H3;1H. The summed E-state index contributed by atoms with van der Waals surface area (Å²) in [6, 6.07) is 10.1. The minimum atomic E-state index is -0.183. The van der Waals surface area contributed by atoms with Gasteiger partial charge in [-0.1, -0.05) is 37.3 Å². The number of hydrogen-bond donors (Lipinski definition) is 1. The lowest BCUT2D eigenvalue weighted by Crippen LogP contribution is -2.07. The van der Waals surface area contributed by atoms with E-state index in [1.54, 1.807) is 0 Å². The van der Waals surface area contributed by atoms with Crippen LogP contribution in [0.4, 0.5) is 0 Å². The van der Waals surface area contributed by atoms with Crippen LogP contribution in [0.15, 0.2) is 30.3 Å². The quantitative estimate of drug-likeness (QED) is 0.769. The van der Waals surface area contributed by atoms with Gasteiger partial charge in [-0.3, -0.25) is 0 Å². The summed E-state index contributed by atoms with van der Waals surface area (Å²) in [7, 11) is 0. The van der Waals surface area contributed by atoms with Gasteiger partial charge >= 0.3 is 0 Å². The Bertz CT molecular complexity index is 198. The molecule has 0 radical (unpaired) electrons. The maximum Gasteiger partial charge on any atom is 0.0577 e. The molecule has 1 rings (SSSR count). The molecule has 0 saturated heterocycles. The van der Waals surface area contributed by atoms with Gasteiger partial charge in [0.2, 0.25) is 0 Å². The SMILES string of the molecule is CCC(O)Cc1ccccc1.Cl. The number of rotatable bonds is 3. The van der Waals surface area contributed by atoms with Gasteiger partial charge in [0.05, 0.1) is 6.10 Å². The van der Waals surface area contributed by atoms with Crippen molar-refractivity contribution in [3.63, 3.8) is 0 Å². The fraction of sp³-hybridized carbons (Fsp3) is 0.400. The van der Waals surface area contributed by atoms with Gasteiger partial charge < -0.3 is 5.11 Å². The minimum absolute atomic E-state index is 0. The molecule has 0 aliphatic rings. The highest BCUT2D eigenvalue weighted by molar-refractivity contribution is 5.85. The maximum atomic E-state index is 9.31. The van der Waals surface area contributed by atoms with Crippen LogP contribution < -0.4 is 0 Å². The number of benzene rings is 1. The van der Waals surface area contributed by atoms with Crippen LogP contribution in [0.1, 0.15) is 18.9 Å². The van der Waals surface area contributed by atoms with Crippen molar-refractivity contribution in [2.75, 3.05) is 0 Å². The van der Waals surface area contributed by atoms with E-state index in [4.69, 9.17) is 0 Å². The highest BCUT2D eigenvalue weighted by atomic mass is 35.5. The number of aliphatic hydroxyl groups is 1. The predicted molar refractivity (Wildman–Crippen MR) is 53.7 cm³/mol. The topological polar surface area (TPSA) is 20.2 Å². The highest BCUT2D eigenvalue weighted by Crippen LogP contribution is 2.04. The summed E-state index contributed by atoms with van der Waals surface area (Å²) < 4.78 is 0. The van der Waals surface area contributed by atoms with Gasteiger partial charge in [-0.2, -0.15) is 0 Å². The molecule has 0 aliphatic heterocycles. The van der Waals surface area contributed by atoms with Crippen LogP contribution in [0, 0.1) is 0 Å². The Morgan fingerprint density at radius 1 is 1.25 bits per heavy atom. The molecule has 2 heteroatoms. The Morgan fingerprint density at radius 2 is 1.83 bits per heavy atom. The first kappa shape index (κ1) is 11.5. The van der Waals surface area contributed by atoms with E-state index in [1.807, 2.05) is 37.3 Å². The van der Waals surface area contributed by atoms with E-state index in [0.29, 0.717) is 0 Å². The van der Waals surface area contributed by atoms with E-state index in [2.05, 4.69) is 0 Å². The first-order chi connectivity index (χ1) is 5.33. The smallest absolute Gasteiger partial charge is 0.0577 e. The summed E-state index contributed by atoms with van der Waals surface area (Å²) in [6.45, 7) is 1.99. The van der Waals surface area contributed by atoms with E-state index in [1.165, 1.54) is 5.56 Å². The molecule has 1 unspecified atom stereocenters. The Balaban J connectivity index is 0.00000121. The Labute approximate surface area is 79.8 Å². The van der Waals surface area contributed by atoms with E-state index < -0.39 is 0 Å². The zero-order valence-corrected chi connectivity index (χ0v) is 8.05. The summed E-state index contributed by atoms with van der Waals surface area (Å²) >= 11 is 0. The Hall–Kier alpha value is -0.530. The molecule has 0 saturated carbocycles. The largest absolute Gasteiger partial charge is 0.393 e. The molecule has 1 aromatic rings. The third-order valence-electron chi connectivity index (χ3n) is 1.79. The van der Waals surface area contributed by atoms with Crippen molar-refractivity contribution in [2.24, 2.45) is 0 Å². The molecule has 0 spiro atoms. The molecule has 1 nitrogen and oxygen atoms in total. The summed E-state index contributed by atoms with van der Waals surface area (Å²) in [5.41, 5.74) is 1.21. The molecular weight excluding hydrogens is 172 g/mol. The summed E-state index contributed by atoms with van der Waals surface area (Å²) in [6.07, 6.45) is 1.42. The van der Waals surface area contributed by atoms with Crippen LogP contribution in [0.3, 0.4) is 0 Å². The second kappa shape index (κ2) is 6.04. The molecule has 68 valence electrons. The molecular formula is C10H15ClO. The third kappa shape index (κ3) is 3.74. The lowest BCUT2D eigenvalue weighted by Gasteiger charge is -2.06. The van der Waals surface area contributed by atoms with Crippen molar-refractivity contribution in [1.82, 2.24) is 0 Å². The van der Waals surface area contributed by atoms with Gasteiger partial charge in [0, 0.05) is 0 Å². The first-order valence-corrected chi connectivity index (χ1v) is 4.05. The number of hydrogen-bond acceptors (Lipinski definition) is 1. The van der Waals surface area contributed by atoms with Crippen molar-refractivity contribution < 1.29 is 5.11 Å². The van der Waals surface area contributed by atoms with E-state index in [-0.39, 0.29) is 18.5 Å². The van der Waals surface area contributed by atoms with Crippen LogP contribution in [-0.4, -0.2) is 11.2 Å². The lowest BCUT2D eigenvalue weighted by atomic mass is 10.1. The van der Waals surface area contributed by atoms with Crippen molar-refractivity contribution in [1.29, 1.82) is 0 Å². The van der Waals surface area contributed by atoms with Crippen LogP contribution in [0.25, 0.3) is 0 Å². The second-order valence-corrected chi connectivity index (χ2v) is 2.75. The average molecular weight is 187 g/mol. The van der Waals surface area contributed by atoms with Crippen molar-refractivity contribution in [3.8, 4) is 0 Å². The molecule has 12 heavy (non-hydrogen) atoms. The Kier molecular flexibility index (Phi) is 5.77. The molecule has 1 N–H and O–H groups in total. The molecule has 0 bridgehead atoms. The van der Waals surface area contributed by atoms with Gasteiger partial charge in [0.25, 0.3) is 0 Å². The van der Waals surface area contributed by atoms with E-state index >= 15 is 0 Å². The van der Waals surface area contributed by atoms with Crippen molar-refractivity contribution in [3.05, 3.63) is 35.9 Å². The van der Waals surface area contributed by atoms with Crippen LogP contribution in [0.5, 0.6) is 0 Å². The third-order valence-corrected chi connectivity index (χ3v) is 1.79. The normalized spacial score (nSPS) is 11.8. The molecule has 1 aromatic carbocycles. The molecule has 0 aliphatic carbocycles. The fourth-order valence-electron chi connectivity index (χ4n) is 1.03. The number of halogens is 1.